The molecule has 9 heteroatoms. The third-order valence-corrected chi connectivity index (χ3v) is 6.54. The maximum absolute atomic E-state index is 13.1. The zero-order valence-corrected chi connectivity index (χ0v) is 18.4. The van der Waals surface area contributed by atoms with Crippen LogP contribution in [0.25, 0.3) is 27.8 Å². The van der Waals surface area contributed by atoms with Crippen molar-refractivity contribution in [3.05, 3.63) is 91.5 Å². The van der Waals surface area contributed by atoms with E-state index in [-0.39, 0.29) is 16.7 Å². The number of para-hydroxylation sites is 2. The Balaban J connectivity index is 1.69. The normalized spacial score (nSPS) is 12.1. The van der Waals surface area contributed by atoms with Crippen molar-refractivity contribution in [2.75, 3.05) is 0 Å². The number of aromatic carboxylic acids is 2. The lowest BCUT2D eigenvalue weighted by Crippen LogP contribution is -2.22. The second-order valence-electron chi connectivity index (χ2n) is 7.68. The number of aromatic nitrogens is 3. The lowest BCUT2D eigenvalue weighted by atomic mass is 10.1. The quantitative estimate of drug-likeness (QED) is 0.426. The van der Waals surface area contributed by atoms with Crippen LogP contribution in [-0.2, 0) is 0 Å². The van der Waals surface area contributed by atoms with Crippen molar-refractivity contribution in [3.8, 4) is 5.69 Å². The third-order valence-electron chi connectivity index (χ3n) is 5.57. The Bertz CT molecular complexity index is 1690. The van der Waals surface area contributed by atoms with Gasteiger partial charge in [0.2, 0.25) is 0 Å². The standard InChI is InChI=1S/C24H17N3O5S/c1-12-7-14(11-20-21(28)27-19-6-4-3-5-18(19)25-24(27)33-20)13(2)26(12)17-9-15(22(29)30)8-16(10-17)23(31)32/h3-11H,1-2H3,(H,29,30)(H,31,32). The Kier molecular flexibility index (Phi) is 4.64. The van der Waals surface area contributed by atoms with Crippen LogP contribution in [0.5, 0.6) is 0 Å². The van der Waals surface area contributed by atoms with Crippen LogP contribution in [0.3, 0.4) is 0 Å². The van der Waals surface area contributed by atoms with E-state index in [1.807, 2.05) is 44.2 Å². The molecule has 0 spiro atoms. The number of nitrogens with zero attached hydrogens (tertiary/aromatic N) is 3. The summed E-state index contributed by atoms with van der Waals surface area (Å²) in [6, 6.07) is 13.3. The van der Waals surface area contributed by atoms with Crippen LogP contribution in [0.4, 0.5) is 0 Å². The molecule has 2 aromatic carbocycles. The molecule has 0 unspecified atom stereocenters. The van der Waals surface area contributed by atoms with E-state index in [9.17, 15) is 24.6 Å². The van der Waals surface area contributed by atoms with E-state index in [2.05, 4.69) is 4.98 Å². The highest BCUT2D eigenvalue weighted by Gasteiger charge is 2.17. The number of thiazole rings is 1. The molecule has 2 N–H and O–H groups in total. The maximum atomic E-state index is 13.1. The summed E-state index contributed by atoms with van der Waals surface area (Å²) in [4.78, 5) is 41.3. The van der Waals surface area contributed by atoms with E-state index < -0.39 is 11.9 Å². The van der Waals surface area contributed by atoms with Gasteiger partial charge in [-0.05, 0) is 61.9 Å². The Morgan fingerprint density at radius 2 is 1.67 bits per heavy atom. The molecule has 0 bridgehead atoms. The lowest BCUT2D eigenvalue weighted by Gasteiger charge is -2.12. The van der Waals surface area contributed by atoms with Crippen molar-refractivity contribution in [1.29, 1.82) is 0 Å². The number of hydrogen-bond donors (Lipinski definition) is 2. The molecule has 0 amide bonds. The Hall–Kier alpha value is -4.24. The van der Waals surface area contributed by atoms with Gasteiger partial charge >= 0.3 is 11.9 Å². The SMILES string of the molecule is Cc1cc(C=c2sc3nc4ccccc4n3c2=O)c(C)n1-c1cc(C(=O)O)cc(C(=O)O)c1. The fourth-order valence-electron chi connectivity index (χ4n) is 4.07. The van der Waals surface area contributed by atoms with Crippen molar-refractivity contribution in [1.82, 2.24) is 14.0 Å². The smallest absolute Gasteiger partial charge is 0.335 e. The van der Waals surface area contributed by atoms with Crippen molar-refractivity contribution in [2.45, 2.75) is 13.8 Å². The number of fused-ring (bicyclic) bond motifs is 3. The molecule has 0 radical (unpaired) electrons. The van der Waals surface area contributed by atoms with Crippen LogP contribution in [0.1, 0.15) is 37.7 Å². The van der Waals surface area contributed by atoms with E-state index in [0.29, 0.717) is 15.2 Å². The van der Waals surface area contributed by atoms with Crippen LogP contribution in [0.15, 0.2) is 53.3 Å². The second-order valence-corrected chi connectivity index (χ2v) is 8.68. The summed E-state index contributed by atoms with van der Waals surface area (Å²) in [5, 5.41) is 18.8. The van der Waals surface area contributed by atoms with Crippen LogP contribution in [-0.4, -0.2) is 36.1 Å². The number of aryl methyl sites for hydroxylation is 1. The molecule has 0 aliphatic heterocycles. The monoisotopic (exact) mass is 459 g/mol. The van der Waals surface area contributed by atoms with Crippen molar-refractivity contribution in [2.24, 2.45) is 0 Å². The molecule has 3 heterocycles. The zero-order chi connectivity index (χ0) is 23.4. The van der Waals surface area contributed by atoms with Crippen molar-refractivity contribution < 1.29 is 19.8 Å². The fourth-order valence-corrected chi connectivity index (χ4v) is 5.05. The van der Waals surface area contributed by atoms with Crippen LogP contribution in [0.2, 0.25) is 0 Å². The minimum absolute atomic E-state index is 0.115. The highest BCUT2D eigenvalue weighted by Crippen LogP contribution is 2.24. The molecule has 5 rings (SSSR count). The first-order chi connectivity index (χ1) is 15.7. The molecule has 8 nitrogen and oxygen atoms in total. The Morgan fingerprint density at radius 3 is 2.33 bits per heavy atom. The molecule has 0 aliphatic carbocycles. The van der Waals surface area contributed by atoms with Crippen LogP contribution < -0.4 is 10.1 Å². The van der Waals surface area contributed by atoms with Crippen LogP contribution in [0, 0.1) is 13.8 Å². The van der Waals surface area contributed by atoms with Gasteiger partial charge in [0.1, 0.15) is 0 Å². The average Bonchev–Trinajstić information content (AvgIpc) is 3.38. The highest BCUT2D eigenvalue weighted by molar-refractivity contribution is 7.15. The first kappa shape index (κ1) is 20.7. The van der Waals surface area contributed by atoms with Gasteiger partial charge < -0.3 is 14.8 Å². The highest BCUT2D eigenvalue weighted by atomic mass is 32.1. The molecule has 0 saturated heterocycles. The van der Waals surface area contributed by atoms with Crippen molar-refractivity contribution in [3.63, 3.8) is 0 Å². The minimum Gasteiger partial charge on any atom is -0.478 e. The molecule has 0 fully saturated rings. The van der Waals surface area contributed by atoms with Gasteiger partial charge in [-0.1, -0.05) is 23.5 Å². The van der Waals surface area contributed by atoms with Gasteiger partial charge in [0.25, 0.3) is 5.56 Å². The summed E-state index contributed by atoms with van der Waals surface area (Å²) in [5.41, 5.74) is 3.86. The summed E-state index contributed by atoms with van der Waals surface area (Å²) < 4.78 is 3.90. The molecule has 33 heavy (non-hydrogen) atoms. The third kappa shape index (κ3) is 3.30. The number of carboxylic acid groups (broad SMARTS) is 2. The predicted molar refractivity (Wildman–Crippen MR) is 125 cm³/mol. The number of benzene rings is 2. The fraction of sp³-hybridized carbons (Fsp3) is 0.0833. The molecule has 0 saturated carbocycles. The largest absolute Gasteiger partial charge is 0.478 e. The van der Waals surface area contributed by atoms with Gasteiger partial charge in [-0.15, -0.1) is 0 Å². The van der Waals surface area contributed by atoms with Gasteiger partial charge in [-0.3, -0.25) is 4.79 Å². The number of carboxylic acids is 2. The van der Waals surface area contributed by atoms with Crippen molar-refractivity contribution >= 4 is 45.3 Å². The summed E-state index contributed by atoms with van der Waals surface area (Å²) in [5.74, 6) is -2.42. The maximum Gasteiger partial charge on any atom is 0.335 e. The van der Waals surface area contributed by atoms with Gasteiger partial charge in [0, 0.05) is 17.1 Å². The molecule has 164 valence electrons. The second kappa shape index (κ2) is 7.42. The summed E-state index contributed by atoms with van der Waals surface area (Å²) in [6.07, 6.45) is 1.79. The molecular weight excluding hydrogens is 442 g/mol. The van der Waals surface area contributed by atoms with E-state index in [1.54, 1.807) is 15.0 Å². The zero-order valence-electron chi connectivity index (χ0n) is 17.6. The summed E-state index contributed by atoms with van der Waals surface area (Å²) in [7, 11) is 0. The summed E-state index contributed by atoms with van der Waals surface area (Å²) in [6.45, 7) is 3.68. The average molecular weight is 459 g/mol. The number of carbonyl (C=O) groups is 2. The summed E-state index contributed by atoms with van der Waals surface area (Å²) >= 11 is 1.30. The van der Waals surface area contributed by atoms with E-state index in [1.165, 1.54) is 23.5 Å². The Morgan fingerprint density at radius 1 is 1.00 bits per heavy atom. The van der Waals surface area contributed by atoms with E-state index in [0.717, 1.165) is 34.1 Å². The first-order valence-electron chi connectivity index (χ1n) is 9.97. The lowest BCUT2D eigenvalue weighted by molar-refractivity contribution is 0.0696. The van der Waals surface area contributed by atoms with Gasteiger partial charge in [-0.25, -0.2) is 19.0 Å². The Labute approximate surface area is 190 Å². The topological polar surface area (TPSA) is 114 Å². The molecule has 5 aromatic rings. The molecule has 0 aliphatic rings. The molecule has 3 aromatic heterocycles. The van der Waals surface area contributed by atoms with Gasteiger partial charge in [-0.2, -0.15) is 0 Å². The van der Waals surface area contributed by atoms with Gasteiger partial charge in [0.15, 0.2) is 4.96 Å². The molecular formula is C24H17N3O5S. The number of imidazole rings is 1. The van der Waals surface area contributed by atoms with Crippen LogP contribution >= 0.6 is 11.3 Å². The predicted octanol–water partition coefficient (Wildman–Crippen LogP) is 3.26. The molecule has 0 atom stereocenters. The number of rotatable bonds is 4. The van der Waals surface area contributed by atoms with E-state index in [4.69, 9.17) is 0 Å². The first-order valence-corrected chi connectivity index (χ1v) is 10.8. The number of hydrogen-bond acceptors (Lipinski definition) is 5. The van der Waals surface area contributed by atoms with Gasteiger partial charge in [0.05, 0.1) is 26.7 Å². The minimum atomic E-state index is -1.21. The van der Waals surface area contributed by atoms with E-state index >= 15 is 0 Å².